The van der Waals surface area contributed by atoms with E-state index in [2.05, 4.69) is 0 Å². The first-order valence-corrected chi connectivity index (χ1v) is 10.6. The summed E-state index contributed by atoms with van der Waals surface area (Å²) in [6.07, 6.45) is 3.06. The molecule has 0 bridgehead atoms. The van der Waals surface area contributed by atoms with Gasteiger partial charge in [0.2, 0.25) is 5.78 Å². The summed E-state index contributed by atoms with van der Waals surface area (Å²) in [5.74, 6) is 0.638. The number of sulfone groups is 1. The maximum Gasteiger partial charge on any atom is 0.228 e. The van der Waals surface area contributed by atoms with Crippen molar-refractivity contribution in [3.05, 3.63) is 72.0 Å². The zero-order valence-electron chi connectivity index (χ0n) is 13.7. The molecule has 4 nitrogen and oxygen atoms in total. The Bertz CT molecular complexity index is 1000. The van der Waals surface area contributed by atoms with Gasteiger partial charge in [0.25, 0.3) is 0 Å². The molecule has 3 rings (SSSR count). The van der Waals surface area contributed by atoms with Crippen molar-refractivity contribution in [2.45, 2.75) is 9.79 Å². The number of ketones is 1. The number of thioether (sulfide) groups is 1. The second-order valence-electron chi connectivity index (χ2n) is 5.50. The fourth-order valence-corrected chi connectivity index (χ4v) is 3.62. The molecule has 2 aromatic carbocycles. The SMILES string of the molecule is CSc1cc(C(=O)c2ccccc2)oc1-c1ccc(S(C)(=O)=O)cc1. The van der Waals surface area contributed by atoms with Crippen molar-refractivity contribution >= 4 is 27.4 Å². The van der Waals surface area contributed by atoms with Crippen LogP contribution < -0.4 is 0 Å². The third kappa shape index (κ3) is 3.70. The molecule has 0 unspecified atom stereocenters. The summed E-state index contributed by atoms with van der Waals surface area (Å²) in [6.45, 7) is 0. The van der Waals surface area contributed by atoms with E-state index in [1.54, 1.807) is 42.5 Å². The van der Waals surface area contributed by atoms with Crippen molar-refractivity contribution < 1.29 is 17.6 Å². The highest BCUT2D eigenvalue weighted by atomic mass is 32.2. The van der Waals surface area contributed by atoms with Gasteiger partial charge in [-0.3, -0.25) is 4.79 Å². The molecular weight excluding hydrogens is 356 g/mol. The minimum Gasteiger partial charge on any atom is -0.451 e. The Balaban J connectivity index is 2.00. The van der Waals surface area contributed by atoms with Gasteiger partial charge in [-0.1, -0.05) is 30.3 Å². The summed E-state index contributed by atoms with van der Waals surface area (Å²) in [5, 5.41) is 0. The van der Waals surface area contributed by atoms with Gasteiger partial charge in [0.15, 0.2) is 15.6 Å². The van der Waals surface area contributed by atoms with E-state index in [0.717, 1.165) is 10.5 Å². The van der Waals surface area contributed by atoms with E-state index in [1.807, 2.05) is 12.3 Å². The van der Waals surface area contributed by atoms with Crippen molar-refractivity contribution in [3.63, 3.8) is 0 Å². The molecular formula is C19H16O4S2. The molecule has 3 aromatic rings. The largest absolute Gasteiger partial charge is 0.451 e. The number of benzene rings is 2. The van der Waals surface area contributed by atoms with Crippen LogP contribution in [0.5, 0.6) is 0 Å². The highest BCUT2D eigenvalue weighted by Crippen LogP contribution is 2.34. The van der Waals surface area contributed by atoms with Gasteiger partial charge < -0.3 is 4.42 Å². The number of carbonyl (C=O) groups is 1. The first kappa shape index (κ1) is 17.5. The van der Waals surface area contributed by atoms with Crippen LogP contribution in [0.2, 0.25) is 0 Å². The fourth-order valence-electron chi connectivity index (χ4n) is 2.42. The van der Waals surface area contributed by atoms with E-state index >= 15 is 0 Å². The number of hydrogen-bond acceptors (Lipinski definition) is 5. The second kappa shape index (κ2) is 6.90. The quantitative estimate of drug-likeness (QED) is 0.493. The summed E-state index contributed by atoms with van der Waals surface area (Å²) in [5.41, 5.74) is 1.28. The summed E-state index contributed by atoms with van der Waals surface area (Å²) in [7, 11) is -3.25. The van der Waals surface area contributed by atoms with Crippen LogP contribution in [0.15, 0.2) is 74.9 Å². The molecule has 0 amide bonds. The van der Waals surface area contributed by atoms with Gasteiger partial charge in [-0.2, -0.15) is 0 Å². The predicted molar refractivity (Wildman–Crippen MR) is 98.9 cm³/mol. The van der Waals surface area contributed by atoms with Crippen molar-refractivity contribution in [2.75, 3.05) is 12.5 Å². The molecule has 25 heavy (non-hydrogen) atoms. The van der Waals surface area contributed by atoms with Gasteiger partial charge in [-0.15, -0.1) is 11.8 Å². The highest BCUT2D eigenvalue weighted by Gasteiger charge is 2.19. The van der Waals surface area contributed by atoms with Crippen LogP contribution in [-0.2, 0) is 9.84 Å². The van der Waals surface area contributed by atoms with E-state index in [9.17, 15) is 13.2 Å². The van der Waals surface area contributed by atoms with Crippen LogP contribution in [-0.4, -0.2) is 26.7 Å². The van der Waals surface area contributed by atoms with Crippen LogP contribution >= 0.6 is 11.8 Å². The normalized spacial score (nSPS) is 11.4. The molecule has 0 saturated carbocycles. The van der Waals surface area contributed by atoms with E-state index in [4.69, 9.17) is 4.42 Å². The first-order chi connectivity index (χ1) is 11.9. The average Bonchev–Trinajstić information content (AvgIpc) is 3.05. The summed E-state index contributed by atoms with van der Waals surface area (Å²) >= 11 is 1.47. The Hall–Kier alpha value is -2.31. The number of carbonyl (C=O) groups excluding carboxylic acids is 1. The van der Waals surface area contributed by atoms with Crippen LogP contribution in [0.3, 0.4) is 0 Å². The maximum atomic E-state index is 12.6. The first-order valence-electron chi connectivity index (χ1n) is 7.48. The van der Waals surface area contributed by atoms with Crippen molar-refractivity contribution in [1.82, 2.24) is 0 Å². The molecule has 0 spiro atoms. The third-order valence-electron chi connectivity index (χ3n) is 3.72. The van der Waals surface area contributed by atoms with E-state index in [1.165, 1.54) is 30.2 Å². The van der Waals surface area contributed by atoms with Gasteiger partial charge in [0.05, 0.1) is 9.79 Å². The third-order valence-corrected chi connectivity index (χ3v) is 5.59. The van der Waals surface area contributed by atoms with Gasteiger partial charge in [-0.25, -0.2) is 8.42 Å². The molecule has 0 fully saturated rings. The van der Waals surface area contributed by atoms with Crippen LogP contribution in [0.25, 0.3) is 11.3 Å². The minimum absolute atomic E-state index is 0.185. The summed E-state index contributed by atoms with van der Waals surface area (Å²) in [6, 6.07) is 17.1. The van der Waals surface area contributed by atoms with Crippen molar-refractivity contribution in [3.8, 4) is 11.3 Å². The maximum absolute atomic E-state index is 12.6. The smallest absolute Gasteiger partial charge is 0.228 e. The number of rotatable bonds is 5. The summed E-state index contributed by atoms with van der Waals surface area (Å²) in [4.78, 5) is 13.6. The number of furan rings is 1. The minimum atomic E-state index is -3.25. The van der Waals surface area contributed by atoms with Gasteiger partial charge in [-0.05, 0) is 30.5 Å². The monoisotopic (exact) mass is 372 g/mol. The predicted octanol–water partition coefficient (Wildman–Crippen LogP) is 4.30. The molecule has 0 atom stereocenters. The standard InChI is InChI=1S/C19H16O4S2/c1-24-17-12-16(18(20)13-6-4-3-5-7-13)23-19(17)14-8-10-15(11-9-14)25(2,21)22/h3-12H,1-2H3. The Morgan fingerprint density at radius 2 is 1.64 bits per heavy atom. The molecule has 0 aliphatic heterocycles. The van der Waals surface area contributed by atoms with Crippen LogP contribution in [0.4, 0.5) is 0 Å². The van der Waals surface area contributed by atoms with Gasteiger partial charge in [0.1, 0.15) is 5.76 Å². The molecule has 1 heterocycles. The molecule has 0 aliphatic rings. The lowest BCUT2D eigenvalue weighted by Crippen LogP contribution is -1.98. The molecule has 0 saturated heterocycles. The molecule has 1 aromatic heterocycles. The average molecular weight is 372 g/mol. The molecule has 6 heteroatoms. The molecule has 0 radical (unpaired) electrons. The zero-order valence-corrected chi connectivity index (χ0v) is 15.4. The van der Waals surface area contributed by atoms with E-state index in [0.29, 0.717) is 11.3 Å². The Morgan fingerprint density at radius 3 is 2.20 bits per heavy atom. The van der Waals surface area contributed by atoms with Crippen molar-refractivity contribution in [2.24, 2.45) is 0 Å². The fraction of sp³-hybridized carbons (Fsp3) is 0.105. The van der Waals surface area contributed by atoms with Crippen LogP contribution in [0.1, 0.15) is 16.1 Å². The Labute approximate surface area is 150 Å². The van der Waals surface area contributed by atoms with E-state index < -0.39 is 9.84 Å². The second-order valence-corrected chi connectivity index (χ2v) is 8.36. The Morgan fingerprint density at radius 1 is 1.00 bits per heavy atom. The van der Waals surface area contributed by atoms with Crippen molar-refractivity contribution in [1.29, 1.82) is 0 Å². The topological polar surface area (TPSA) is 64.3 Å². The lowest BCUT2D eigenvalue weighted by molar-refractivity contribution is 0.101. The van der Waals surface area contributed by atoms with Gasteiger partial charge in [0, 0.05) is 23.4 Å². The van der Waals surface area contributed by atoms with Crippen LogP contribution in [0, 0.1) is 0 Å². The zero-order chi connectivity index (χ0) is 18.0. The molecule has 0 N–H and O–H groups in total. The molecule has 0 aliphatic carbocycles. The summed E-state index contributed by atoms with van der Waals surface area (Å²) < 4.78 is 29.0. The molecule has 128 valence electrons. The number of hydrogen-bond donors (Lipinski definition) is 0. The highest BCUT2D eigenvalue weighted by molar-refractivity contribution is 7.98. The lowest BCUT2D eigenvalue weighted by atomic mass is 10.1. The Kier molecular flexibility index (Phi) is 4.83. The lowest BCUT2D eigenvalue weighted by Gasteiger charge is -2.02. The van der Waals surface area contributed by atoms with E-state index in [-0.39, 0.29) is 16.4 Å². The van der Waals surface area contributed by atoms with Gasteiger partial charge >= 0.3 is 0 Å².